The highest BCUT2D eigenvalue weighted by Gasteiger charge is 2.42. The van der Waals surface area contributed by atoms with Crippen molar-refractivity contribution in [3.05, 3.63) is 0 Å². The minimum Gasteiger partial charge on any atom is -0.320 e. The Labute approximate surface area is 90.6 Å². The van der Waals surface area contributed by atoms with E-state index in [0.717, 1.165) is 39.0 Å². The third kappa shape index (κ3) is 1.51. The number of nitrogens with zero attached hydrogens (tertiary/aromatic N) is 2. The summed E-state index contributed by atoms with van der Waals surface area (Å²) in [4.78, 5) is 16.3. The van der Waals surface area contributed by atoms with Crippen molar-refractivity contribution in [1.82, 2.24) is 15.1 Å². The summed E-state index contributed by atoms with van der Waals surface area (Å²) < 4.78 is 0. The average molecular weight is 209 g/mol. The van der Waals surface area contributed by atoms with Gasteiger partial charge in [0.1, 0.15) is 0 Å². The van der Waals surface area contributed by atoms with E-state index < -0.39 is 0 Å². The highest BCUT2D eigenvalue weighted by atomic mass is 16.2. The van der Waals surface area contributed by atoms with E-state index in [0.29, 0.717) is 18.1 Å². The molecule has 4 nitrogen and oxygen atoms in total. The Kier molecular flexibility index (Phi) is 2.31. The molecular formula is C11H19N3O. The summed E-state index contributed by atoms with van der Waals surface area (Å²) in [6, 6.07) is 1.35. The van der Waals surface area contributed by atoms with Crippen molar-refractivity contribution in [2.24, 2.45) is 0 Å². The zero-order valence-electron chi connectivity index (χ0n) is 9.11. The van der Waals surface area contributed by atoms with Crippen LogP contribution in [0.5, 0.6) is 0 Å². The fraction of sp³-hybridized carbons (Fsp3) is 0.909. The fourth-order valence-corrected chi connectivity index (χ4v) is 3.17. The van der Waals surface area contributed by atoms with Crippen LogP contribution in [0.1, 0.15) is 25.7 Å². The molecule has 0 radical (unpaired) electrons. The molecule has 3 aliphatic rings. The summed E-state index contributed by atoms with van der Waals surface area (Å²) in [6.07, 6.45) is 4.68. The molecule has 0 saturated carbocycles. The van der Waals surface area contributed by atoms with Crippen molar-refractivity contribution in [2.75, 3.05) is 26.2 Å². The lowest BCUT2D eigenvalue weighted by atomic mass is 10.0. The molecule has 1 atom stereocenters. The Morgan fingerprint density at radius 1 is 1.07 bits per heavy atom. The highest BCUT2D eigenvalue weighted by Crippen LogP contribution is 2.29. The number of carbonyl (C=O) groups is 1. The number of piperidine rings is 1. The molecule has 4 heteroatoms. The topological polar surface area (TPSA) is 35.6 Å². The third-order valence-corrected chi connectivity index (χ3v) is 4.03. The quantitative estimate of drug-likeness (QED) is 0.688. The first kappa shape index (κ1) is 9.46. The number of amides is 2. The Bertz CT molecular complexity index is 263. The maximum atomic E-state index is 12.1. The number of hydrogen-bond acceptors (Lipinski definition) is 2. The van der Waals surface area contributed by atoms with Crippen molar-refractivity contribution < 1.29 is 4.79 Å². The largest absolute Gasteiger partial charge is 0.320 e. The van der Waals surface area contributed by atoms with Gasteiger partial charge in [-0.05, 0) is 38.8 Å². The van der Waals surface area contributed by atoms with E-state index in [1.807, 2.05) is 0 Å². The summed E-state index contributed by atoms with van der Waals surface area (Å²) in [6.45, 7) is 4.12. The van der Waals surface area contributed by atoms with Crippen LogP contribution >= 0.6 is 0 Å². The van der Waals surface area contributed by atoms with Gasteiger partial charge in [-0.2, -0.15) is 0 Å². The van der Waals surface area contributed by atoms with Crippen LogP contribution in [-0.4, -0.2) is 54.1 Å². The van der Waals surface area contributed by atoms with Gasteiger partial charge in [0, 0.05) is 19.1 Å². The predicted octanol–water partition coefficient (Wildman–Crippen LogP) is 0.638. The molecule has 0 aromatic heterocycles. The zero-order valence-corrected chi connectivity index (χ0v) is 9.11. The second-order valence-corrected chi connectivity index (χ2v) is 4.91. The number of urea groups is 1. The average Bonchev–Trinajstić information content (AvgIpc) is 2.83. The van der Waals surface area contributed by atoms with Gasteiger partial charge in [-0.3, -0.25) is 0 Å². The number of fused-ring (bicyclic) bond motifs is 1. The van der Waals surface area contributed by atoms with E-state index in [2.05, 4.69) is 15.1 Å². The fourth-order valence-electron chi connectivity index (χ4n) is 3.17. The summed E-state index contributed by atoms with van der Waals surface area (Å²) in [5, 5.41) is 3.35. The van der Waals surface area contributed by atoms with Gasteiger partial charge < -0.3 is 15.1 Å². The third-order valence-electron chi connectivity index (χ3n) is 4.03. The van der Waals surface area contributed by atoms with Crippen molar-refractivity contribution >= 4 is 6.03 Å². The Morgan fingerprint density at radius 2 is 1.87 bits per heavy atom. The molecule has 15 heavy (non-hydrogen) atoms. The molecule has 0 aliphatic carbocycles. The van der Waals surface area contributed by atoms with Crippen LogP contribution in [-0.2, 0) is 0 Å². The van der Waals surface area contributed by atoms with Crippen LogP contribution in [0.4, 0.5) is 4.79 Å². The first-order valence-corrected chi connectivity index (χ1v) is 6.14. The van der Waals surface area contributed by atoms with Gasteiger partial charge >= 0.3 is 6.03 Å². The lowest BCUT2D eigenvalue weighted by Crippen LogP contribution is -2.45. The van der Waals surface area contributed by atoms with Gasteiger partial charge in [0.2, 0.25) is 0 Å². The van der Waals surface area contributed by atoms with Gasteiger partial charge in [-0.15, -0.1) is 0 Å². The van der Waals surface area contributed by atoms with Crippen LogP contribution in [0.15, 0.2) is 0 Å². The van der Waals surface area contributed by atoms with Crippen LogP contribution in [0.3, 0.4) is 0 Å². The molecule has 3 rings (SSSR count). The Hall–Kier alpha value is -0.770. The van der Waals surface area contributed by atoms with E-state index in [1.165, 1.54) is 12.8 Å². The van der Waals surface area contributed by atoms with E-state index in [9.17, 15) is 4.79 Å². The molecule has 3 saturated heterocycles. The smallest absolute Gasteiger partial charge is 0.320 e. The molecule has 0 aromatic carbocycles. The lowest BCUT2D eigenvalue weighted by molar-refractivity contribution is 0.167. The Balaban J connectivity index is 1.69. The highest BCUT2D eigenvalue weighted by molar-refractivity contribution is 5.78. The van der Waals surface area contributed by atoms with Crippen molar-refractivity contribution in [3.63, 3.8) is 0 Å². The van der Waals surface area contributed by atoms with Gasteiger partial charge in [0.15, 0.2) is 0 Å². The number of hydrogen-bond donors (Lipinski definition) is 1. The van der Waals surface area contributed by atoms with E-state index in [4.69, 9.17) is 0 Å². The summed E-state index contributed by atoms with van der Waals surface area (Å²) >= 11 is 0. The van der Waals surface area contributed by atoms with Crippen molar-refractivity contribution in [2.45, 2.75) is 37.8 Å². The zero-order chi connectivity index (χ0) is 10.3. The van der Waals surface area contributed by atoms with Crippen LogP contribution in [0.25, 0.3) is 0 Å². The van der Waals surface area contributed by atoms with Crippen molar-refractivity contribution in [3.8, 4) is 0 Å². The van der Waals surface area contributed by atoms with Gasteiger partial charge in [-0.25, -0.2) is 4.79 Å². The molecule has 1 N–H and O–H groups in total. The minimum absolute atomic E-state index is 0.310. The second-order valence-electron chi connectivity index (χ2n) is 4.91. The predicted molar refractivity (Wildman–Crippen MR) is 57.7 cm³/mol. The van der Waals surface area contributed by atoms with Gasteiger partial charge in [0.05, 0.1) is 6.04 Å². The molecule has 0 unspecified atom stereocenters. The van der Waals surface area contributed by atoms with E-state index >= 15 is 0 Å². The van der Waals surface area contributed by atoms with Crippen LogP contribution < -0.4 is 5.32 Å². The SMILES string of the molecule is O=C1N(C2CCNCC2)C[C@@H]2CCCN12. The van der Waals surface area contributed by atoms with E-state index in [1.54, 1.807) is 0 Å². The van der Waals surface area contributed by atoms with Gasteiger partial charge in [0.25, 0.3) is 0 Å². The first-order chi connectivity index (χ1) is 7.36. The monoisotopic (exact) mass is 209 g/mol. The minimum atomic E-state index is 0.310. The molecule has 0 aromatic rings. The summed E-state index contributed by atoms with van der Waals surface area (Å²) in [5.74, 6) is 0. The lowest BCUT2D eigenvalue weighted by Gasteiger charge is -2.31. The number of rotatable bonds is 1. The number of carbonyl (C=O) groups excluding carboxylic acids is 1. The second kappa shape index (κ2) is 3.67. The van der Waals surface area contributed by atoms with E-state index in [-0.39, 0.29) is 0 Å². The molecule has 0 spiro atoms. The molecule has 84 valence electrons. The standard InChI is InChI=1S/C11H19N3O/c15-11-13-7-1-2-10(13)8-14(11)9-3-5-12-6-4-9/h9-10,12H,1-8H2/t10-/m0/s1. The maximum Gasteiger partial charge on any atom is 0.320 e. The first-order valence-electron chi connectivity index (χ1n) is 6.14. The summed E-state index contributed by atoms with van der Waals surface area (Å²) in [7, 11) is 0. The summed E-state index contributed by atoms with van der Waals surface area (Å²) in [5.41, 5.74) is 0. The molecule has 3 heterocycles. The Morgan fingerprint density at radius 3 is 2.60 bits per heavy atom. The molecular weight excluding hydrogens is 190 g/mol. The normalized spacial score (nSPS) is 32.5. The van der Waals surface area contributed by atoms with Gasteiger partial charge in [-0.1, -0.05) is 0 Å². The van der Waals surface area contributed by atoms with Crippen molar-refractivity contribution in [1.29, 1.82) is 0 Å². The van der Waals surface area contributed by atoms with Crippen LogP contribution in [0, 0.1) is 0 Å². The molecule has 3 fully saturated rings. The maximum absolute atomic E-state index is 12.1. The molecule has 2 amide bonds. The molecule has 0 bridgehead atoms. The van der Waals surface area contributed by atoms with Crippen LogP contribution in [0.2, 0.25) is 0 Å². The number of nitrogens with one attached hydrogen (secondary N) is 1. The molecule has 3 aliphatic heterocycles.